The zero-order chi connectivity index (χ0) is 12.4. The van der Waals surface area contributed by atoms with Gasteiger partial charge in [-0.2, -0.15) is 0 Å². The third-order valence-electron chi connectivity index (χ3n) is 4.13. The average Bonchev–Trinajstić information content (AvgIpc) is 2.75. The standard InChI is InChI=1S/C17H21N/c1-18-13-15(16-9-5-6-10-17(16)18)12-11-14-7-3-2-4-8-14/h5-6,9-14H,2-4,7-8H2,1H3. The van der Waals surface area contributed by atoms with Crippen molar-refractivity contribution in [3.05, 3.63) is 42.1 Å². The minimum absolute atomic E-state index is 0.803. The van der Waals surface area contributed by atoms with Crippen molar-refractivity contribution < 1.29 is 0 Å². The second kappa shape index (κ2) is 5.01. The molecule has 0 amide bonds. The first kappa shape index (κ1) is 11.6. The lowest BCUT2D eigenvalue weighted by atomic mass is 9.89. The lowest BCUT2D eigenvalue weighted by Crippen LogP contribution is -2.02. The Morgan fingerprint density at radius 3 is 2.72 bits per heavy atom. The van der Waals surface area contributed by atoms with Crippen LogP contribution in [0.2, 0.25) is 0 Å². The van der Waals surface area contributed by atoms with E-state index in [1.807, 2.05) is 0 Å². The van der Waals surface area contributed by atoms with E-state index in [0.29, 0.717) is 0 Å². The molecule has 0 N–H and O–H groups in total. The summed E-state index contributed by atoms with van der Waals surface area (Å²) in [7, 11) is 2.13. The second-order valence-corrected chi connectivity index (χ2v) is 5.47. The lowest BCUT2D eigenvalue weighted by Gasteiger charge is -2.17. The molecule has 1 aliphatic carbocycles. The first-order valence-corrected chi connectivity index (χ1v) is 7.07. The summed E-state index contributed by atoms with van der Waals surface area (Å²) in [5.74, 6) is 0.803. The van der Waals surface area contributed by atoms with Gasteiger partial charge in [-0.25, -0.2) is 0 Å². The molecule has 0 unspecified atom stereocenters. The van der Waals surface area contributed by atoms with Crippen molar-refractivity contribution >= 4 is 17.0 Å². The smallest absolute Gasteiger partial charge is 0.0483 e. The highest BCUT2D eigenvalue weighted by Crippen LogP contribution is 2.27. The summed E-state index contributed by atoms with van der Waals surface area (Å²) in [6.45, 7) is 0. The lowest BCUT2D eigenvalue weighted by molar-refractivity contribution is 0.420. The largest absolute Gasteiger partial charge is 0.350 e. The van der Waals surface area contributed by atoms with E-state index in [1.165, 1.54) is 48.6 Å². The summed E-state index contributed by atoms with van der Waals surface area (Å²) < 4.78 is 2.22. The number of hydrogen-bond acceptors (Lipinski definition) is 0. The molecule has 0 atom stereocenters. The van der Waals surface area contributed by atoms with Gasteiger partial charge in [-0.3, -0.25) is 0 Å². The van der Waals surface area contributed by atoms with Gasteiger partial charge in [-0.1, -0.05) is 49.6 Å². The number of hydrogen-bond donors (Lipinski definition) is 0. The summed E-state index contributed by atoms with van der Waals surface area (Å²) in [5.41, 5.74) is 2.68. The summed E-state index contributed by atoms with van der Waals surface area (Å²) in [6.07, 6.45) is 14.0. The fourth-order valence-corrected chi connectivity index (χ4v) is 3.07. The number of aryl methyl sites for hydroxylation is 1. The Balaban J connectivity index is 1.88. The van der Waals surface area contributed by atoms with E-state index in [-0.39, 0.29) is 0 Å². The van der Waals surface area contributed by atoms with Gasteiger partial charge in [-0.05, 0) is 30.4 Å². The van der Waals surface area contributed by atoms with Crippen LogP contribution < -0.4 is 0 Å². The number of fused-ring (bicyclic) bond motifs is 1. The van der Waals surface area contributed by atoms with Crippen LogP contribution in [-0.2, 0) is 7.05 Å². The molecule has 1 heteroatoms. The number of allylic oxidation sites excluding steroid dienone is 1. The number of rotatable bonds is 2. The summed E-state index contributed by atoms with van der Waals surface area (Å²) >= 11 is 0. The molecule has 1 heterocycles. The molecule has 3 rings (SSSR count). The van der Waals surface area contributed by atoms with Crippen LogP contribution in [0.3, 0.4) is 0 Å². The maximum absolute atomic E-state index is 2.43. The van der Waals surface area contributed by atoms with Crippen LogP contribution in [0.4, 0.5) is 0 Å². The van der Waals surface area contributed by atoms with Crippen LogP contribution >= 0.6 is 0 Å². The highest BCUT2D eigenvalue weighted by atomic mass is 14.9. The molecule has 94 valence electrons. The van der Waals surface area contributed by atoms with E-state index < -0.39 is 0 Å². The molecule has 0 bridgehead atoms. The number of benzene rings is 1. The van der Waals surface area contributed by atoms with E-state index in [2.05, 4.69) is 54.2 Å². The van der Waals surface area contributed by atoms with Gasteiger partial charge in [0.1, 0.15) is 0 Å². The first-order chi connectivity index (χ1) is 8.84. The summed E-state index contributed by atoms with van der Waals surface area (Å²) in [4.78, 5) is 0. The van der Waals surface area contributed by atoms with Crippen molar-refractivity contribution in [2.24, 2.45) is 13.0 Å². The van der Waals surface area contributed by atoms with Gasteiger partial charge < -0.3 is 4.57 Å². The SMILES string of the molecule is Cn1cc(C=CC2CCCCC2)c2ccccc21. The molecule has 18 heavy (non-hydrogen) atoms. The Kier molecular flexibility index (Phi) is 3.22. The molecular weight excluding hydrogens is 218 g/mol. The van der Waals surface area contributed by atoms with Gasteiger partial charge in [0, 0.05) is 24.1 Å². The van der Waals surface area contributed by atoms with Crippen molar-refractivity contribution in [2.45, 2.75) is 32.1 Å². The number of aromatic nitrogens is 1. The normalized spacial score (nSPS) is 17.8. The first-order valence-electron chi connectivity index (χ1n) is 7.07. The molecule has 2 aromatic rings. The molecule has 1 fully saturated rings. The molecule has 1 aromatic heterocycles. The van der Waals surface area contributed by atoms with Crippen molar-refractivity contribution in [2.75, 3.05) is 0 Å². The van der Waals surface area contributed by atoms with Crippen LogP contribution in [0.1, 0.15) is 37.7 Å². The maximum Gasteiger partial charge on any atom is 0.0483 e. The number of para-hydroxylation sites is 1. The van der Waals surface area contributed by atoms with E-state index in [1.54, 1.807) is 0 Å². The van der Waals surface area contributed by atoms with Crippen LogP contribution in [0.15, 0.2) is 36.5 Å². The molecule has 0 radical (unpaired) electrons. The Bertz CT molecular complexity index is 556. The minimum atomic E-state index is 0.803. The molecule has 1 nitrogen and oxygen atoms in total. The zero-order valence-corrected chi connectivity index (χ0v) is 11.1. The van der Waals surface area contributed by atoms with Crippen molar-refractivity contribution in [1.82, 2.24) is 4.57 Å². The monoisotopic (exact) mass is 239 g/mol. The van der Waals surface area contributed by atoms with Gasteiger partial charge in [0.25, 0.3) is 0 Å². The third-order valence-corrected chi connectivity index (χ3v) is 4.13. The predicted octanol–water partition coefficient (Wildman–Crippen LogP) is 4.77. The Morgan fingerprint density at radius 2 is 1.89 bits per heavy atom. The summed E-state index contributed by atoms with van der Waals surface area (Å²) in [6, 6.07) is 8.64. The average molecular weight is 239 g/mol. The van der Waals surface area contributed by atoms with E-state index in [0.717, 1.165) is 5.92 Å². The predicted molar refractivity (Wildman–Crippen MR) is 78.5 cm³/mol. The van der Waals surface area contributed by atoms with E-state index in [4.69, 9.17) is 0 Å². The van der Waals surface area contributed by atoms with Crippen molar-refractivity contribution in [3.8, 4) is 0 Å². The molecule has 0 spiro atoms. The molecule has 0 saturated heterocycles. The van der Waals surface area contributed by atoms with Crippen LogP contribution in [0.25, 0.3) is 17.0 Å². The van der Waals surface area contributed by atoms with Crippen molar-refractivity contribution in [1.29, 1.82) is 0 Å². The Morgan fingerprint density at radius 1 is 1.11 bits per heavy atom. The number of nitrogens with zero attached hydrogens (tertiary/aromatic N) is 1. The second-order valence-electron chi connectivity index (χ2n) is 5.47. The topological polar surface area (TPSA) is 4.93 Å². The molecule has 1 saturated carbocycles. The Hall–Kier alpha value is -1.50. The van der Waals surface area contributed by atoms with Gasteiger partial charge in [0.2, 0.25) is 0 Å². The van der Waals surface area contributed by atoms with E-state index >= 15 is 0 Å². The minimum Gasteiger partial charge on any atom is -0.350 e. The van der Waals surface area contributed by atoms with Gasteiger partial charge in [-0.15, -0.1) is 0 Å². The fourth-order valence-electron chi connectivity index (χ4n) is 3.07. The molecule has 1 aliphatic rings. The van der Waals surface area contributed by atoms with Gasteiger partial charge in [0.15, 0.2) is 0 Å². The highest BCUT2D eigenvalue weighted by molar-refractivity contribution is 5.89. The van der Waals surface area contributed by atoms with Crippen LogP contribution in [0, 0.1) is 5.92 Å². The van der Waals surface area contributed by atoms with Crippen LogP contribution in [-0.4, -0.2) is 4.57 Å². The molecular formula is C17H21N. The van der Waals surface area contributed by atoms with Gasteiger partial charge >= 0.3 is 0 Å². The summed E-state index contributed by atoms with van der Waals surface area (Å²) in [5, 5.41) is 1.37. The maximum atomic E-state index is 2.43. The third kappa shape index (κ3) is 2.22. The van der Waals surface area contributed by atoms with Crippen molar-refractivity contribution in [3.63, 3.8) is 0 Å². The van der Waals surface area contributed by atoms with Gasteiger partial charge in [0.05, 0.1) is 0 Å². The molecule has 0 aliphatic heterocycles. The quantitative estimate of drug-likeness (QED) is 0.711. The fraction of sp³-hybridized carbons (Fsp3) is 0.412. The Labute approximate surface area is 109 Å². The highest BCUT2D eigenvalue weighted by Gasteiger charge is 2.10. The van der Waals surface area contributed by atoms with E-state index in [9.17, 15) is 0 Å². The molecule has 1 aromatic carbocycles. The van der Waals surface area contributed by atoms with Crippen LogP contribution in [0.5, 0.6) is 0 Å². The zero-order valence-electron chi connectivity index (χ0n) is 11.1.